The van der Waals surface area contributed by atoms with Crippen molar-refractivity contribution >= 4 is 81.9 Å². The van der Waals surface area contributed by atoms with E-state index in [1.807, 2.05) is 0 Å². The van der Waals surface area contributed by atoms with E-state index in [-0.39, 0.29) is 75.3 Å². The largest absolute Gasteiger partial charge is 2.00 e. The van der Waals surface area contributed by atoms with Gasteiger partial charge in [0.25, 0.3) is 0 Å². The van der Waals surface area contributed by atoms with Crippen molar-refractivity contribution in [2.24, 2.45) is 0 Å². The van der Waals surface area contributed by atoms with Crippen LogP contribution < -0.4 is 0 Å². The van der Waals surface area contributed by atoms with E-state index in [0.717, 1.165) is 115 Å². The van der Waals surface area contributed by atoms with Crippen molar-refractivity contribution in [3.8, 4) is 0 Å². The van der Waals surface area contributed by atoms with Crippen LogP contribution in [0.4, 0.5) is 0 Å². The number of ether oxygens (including phenoxy) is 4. The van der Waals surface area contributed by atoms with Gasteiger partial charge in [-0.3, -0.25) is 0 Å². The number of carbonyl (C=O) groups excluding carboxylic acids is 4. The molecule has 0 aliphatic rings. The number of hydrogen-bond donors (Lipinski definition) is 0. The summed E-state index contributed by atoms with van der Waals surface area (Å²) < 4.78 is 93.3. The van der Waals surface area contributed by atoms with Gasteiger partial charge in [-0.05, 0) is 153 Å². The summed E-state index contributed by atoms with van der Waals surface area (Å²) in [5.41, 5.74) is -1.58. The van der Waals surface area contributed by atoms with Gasteiger partial charge in [0.1, 0.15) is 20.2 Å². The summed E-state index contributed by atoms with van der Waals surface area (Å²) in [6, 6.07) is 7.22. The van der Waals surface area contributed by atoms with Crippen LogP contribution in [0.2, 0.25) is 0 Å². The summed E-state index contributed by atoms with van der Waals surface area (Å²) in [7, 11) is -10.0. The van der Waals surface area contributed by atoms with E-state index in [2.05, 4.69) is 76.3 Å². The molecule has 2 aromatic carbocycles. The summed E-state index contributed by atoms with van der Waals surface area (Å²) in [6.07, 6.45) is 83.5. The second kappa shape index (κ2) is 73.2. The number of hydrogen-bond acceptors (Lipinski definition) is 14. The van der Waals surface area contributed by atoms with E-state index in [1.165, 1.54) is 255 Å². The van der Waals surface area contributed by atoms with Gasteiger partial charge < -0.3 is 28.1 Å². The molecule has 0 bridgehead atoms. The Balaban J connectivity index is 0.00000204. The second-order valence-electron chi connectivity index (χ2n) is 28.6. The van der Waals surface area contributed by atoms with E-state index in [9.17, 15) is 45.1 Å². The average molecular weight is 1530 g/mol. The van der Waals surface area contributed by atoms with Crippen LogP contribution in [0.15, 0.2) is 94.8 Å². The Morgan fingerprint density at radius 2 is 0.438 bits per heavy atom. The van der Waals surface area contributed by atoms with Crippen molar-refractivity contribution in [2.75, 3.05) is 26.4 Å². The molecule has 0 aliphatic heterocycles. The van der Waals surface area contributed by atoms with Crippen LogP contribution in [0.25, 0.3) is 0 Å². The minimum absolute atomic E-state index is 0. The molecule has 0 heterocycles. The van der Waals surface area contributed by atoms with Gasteiger partial charge >= 0.3 is 61.6 Å². The molecule has 14 nitrogen and oxygen atoms in total. The zero-order chi connectivity index (χ0) is 75.9. The number of esters is 4. The van der Waals surface area contributed by atoms with Crippen molar-refractivity contribution in [3.05, 3.63) is 107 Å². The summed E-state index contributed by atoms with van der Waals surface area (Å²) in [5.74, 6) is -3.64. The van der Waals surface area contributed by atoms with Crippen LogP contribution in [0.1, 0.15) is 429 Å². The zero-order valence-electron chi connectivity index (χ0n) is 66.7. The molecule has 0 fully saturated rings. The molecule has 105 heavy (non-hydrogen) atoms. The molecule has 0 atom stereocenters. The van der Waals surface area contributed by atoms with Crippen LogP contribution in [0.5, 0.6) is 0 Å². The van der Waals surface area contributed by atoms with E-state index in [1.54, 1.807) is 0 Å². The topological polar surface area (TPSA) is 220 Å². The van der Waals surface area contributed by atoms with Crippen LogP contribution in [0.3, 0.4) is 0 Å². The molecule has 0 amide bonds. The van der Waals surface area contributed by atoms with Gasteiger partial charge in [-0.25, -0.2) is 36.0 Å². The Hall–Kier alpha value is -3.64. The third-order valence-electron chi connectivity index (χ3n) is 19.0. The van der Waals surface area contributed by atoms with Gasteiger partial charge in [0.05, 0.1) is 58.5 Å². The molecule has 0 N–H and O–H groups in total. The third kappa shape index (κ3) is 58.9. The van der Waals surface area contributed by atoms with E-state index in [4.69, 9.17) is 18.9 Å². The summed E-state index contributed by atoms with van der Waals surface area (Å²) in [5, 5.41) is 0. The first-order valence-electron chi connectivity index (χ1n) is 42.1. The maximum absolute atomic E-state index is 13.0. The third-order valence-corrected chi connectivity index (χ3v) is 20.8. The minimum atomic E-state index is -5.02. The Labute approximate surface area is 671 Å². The van der Waals surface area contributed by atoms with Gasteiger partial charge in [-0.2, -0.15) is 0 Å². The normalized spacial score (nSPS) is 11.8. The predicted molar refractivity (Wildman–Crippen MR) is 434 cm³/mol. The minimum Gasteiger partial charge on any atom is -0.744 e. The van der Waals surface area contributed by atoms with Crippen LogP contribution in [-0.2, 0) is 39.2 Å². The van der Waals surface area contributed by atoms with Crippen LogP contribution in [-0.4, -0.2) is 114 Å². The molecule has 2 rings (SSSR count). The molecule has 596 valence electrons. The molecule has 0 radical (unpaired) electrons. The van der Waals surface area contributed by atoms with E-state index < -0.39 is 65.0 Å². The fourth-order valence-electron chi connectivity index (χ4n) is 12.6. The first kappa shape index (κ1) is 101. The predicted octanol–water partition coefficient (Wildman–Crippen LogP) is 25.6. The number of allylic oxidation sites excluding steroid dienone is 8. The maximum Gasteiger partial charge on any atom is 2.00 e. The maximum atomic E-state index is 13.0. The Kier molecular flexibility index (Phi) is 70.6. The standard InChI is InChI=1S/2C44H74O7S.Ca/c2*1-3-5-7-9-11-13-15-17-19-21-23-25-27-29-31-33-38-50-43(45)40-36-35-37-41(52(47,48)49)42(40)44(46)51-39-34-32-30-28-26-24-22-20-18-16-14-12-10-8-6-4-2;/h2*15-18,35-37H,3-14,19-34,38-39H2,1-2H3,(H,47,48,49);/q;;+2/p-2/b2*17-15+,18-16+;. The molecular weight excluding hydrogens is 1390 g/mol. The smallest absolute Gasteiger partial charge is 0.744 e. The van der Waals surface area contributed by atoms with Crippen molar-refractivity contribution in [1.82, 2.24) is 0 Å². The zero-order valence-corrected chi connectivity index (χ0v) is 70.6. The van der Waals surface area contributed by atoms with E-state index in [0.29, 0.717) is 25.7 Å². The van der Waals surface area contributed by atoms with E-state index >= 15 is 0 Å². The van der Waals surface area contributed by atoms with Gasteiger partial charge in [-0.1, -0.05) is 320 Å². The van der Waals surface area contributed by atoms with Crippen molar-refractivity contribution in [1.29, 1.82) is 0 Å². The van der Waals surface area contributed by atoms with Gasteiger partial charge in [0, 0.05) is 0 Å². The Bertz CT molecular complexity index is 2610. The fourth-order valence-corrected chi connectivity index (χ4v) is 14.0. The van der Waals surface area contributed by atoms with Gasteiger partial charge in [0.15, 0.2) is 0 Å². The van der Waals surface area contributed by atoms with Crippen molar-refractivity contribution < 1.29 is 64.1 Å². The summed E-state index contributed by atoms with van der Waals surface area (Å²) >= 11 is 0. The summed E-state index contributed by atoms with van der Waals surface area (Å²) in [4.78, 5) is 50.3. The quantitative estimate of drug-likeness (QED) is 0.0150. The fraction of sp³-hybridized carbons (Fsp3) is 0.727. The number of benzene rings is 2. The molecular formula is C88H146CaO14S2. The SMILES string of the molecule is CCCCCCC/C=C/CCCCCCCCCOC(=O)c1cccc(S(=O)(=O)[O-])c1C(=O)OCCCCCCCCC/C=C/CCCCCCC.CCCCCCC/C=C/CCCCCCCCCOC(=O)c1cccc(S(=O)(=O)[O-])c1C(=O)OCCCCCCCCC/C=C/CCCCCCC.[Ca+2]. The number of unbranched alkanes of at least 4 members (excludes halogenated alkanes) is 48. The molecule has 0 unspecified atom stereocenters. The van der Waals surface area contributed by atoms with Crippen molar-refractivity contribution in [3.63, 3.8) is 0 Å². The Morgan fingerprint density at radius 1 is 0.267 bits per heavy atom. The Morgan fingerprint density at radius 3 is 0.629 bits per heavy atom. The number of rotatable bonds is 70. The second-order valence-corrected chi connectivity index (χ2v) is 31.3. The van der Waals surface area contributed by atoms with Gasteiger partial charge in [0.2, 0.25) is 0 Å². The summed E-state index contributed by atoms with van der Waals surface area (Å²) in [6.45, 7) is 9.44. The van der Waals surface area contributed by atoms with Crippen molar-refractivity contribution in [2.45, 2.75) is 397 Å². The average Bonchev–Trinajstić information content (AvgIpc) is 0.799. The first-order valence-corrected chi connectivity index (χ1v) is 44.9. The molecule has 0 saturated carbocycles. The molecule has 2 aromatic rings. The van der Waals surface area contributed by atoms with Crippen LogP contribution in [0, 0.1) is 0 Å². The monoisotopic (exact) mass is 1530 g/mol. The molecule has 0 spiro atoms. The number of carbonyl (C=O) groups is 4. The molecule has 0 aromatic heterocycles. The molecule has 0 saturated heterocycles. The van der Waals surface area contributed by atoms with Gasteiger partial charge in [-0.15, -0.1) is 0 Å². The first-order chi connectivity index (χ1) is 50.6. The molecule has 17 heteroatoms. The molecule has 0 aliphatic carbocycles. The van der Waals surface area contributed by atoms with Crippen LogP contribution >= 0.6 is 0 Å².